The number of carbonyl (C=O) groups excluding carboxylic acids is 1. The highest BCUT2D eigenvalue weighted by molar-refractivity contribution is 6.31. The van der Waals surface area contributed by atoms with Crippen molar-refractivity contribution in [1.29, 1.82) is 0 Å². The Hall–Kier alpha value is -1.06. The van der Waals surface area contributed by atoms with Crippen LogP contribution in [0, 0.1) is 6.92 Å². The maximum Gasteiger partial charge on any atom is 0.251 e. The summed E-state index contributed by atoms with van der Waals surface area (Å²) in [6.07, 6.45) is 1.73. The van der Waals surface area contributed by atoms with E-state index >= 15 is 0 Å². The Balaban J connectivity index is 2.03. The van der Waals surface area contributed by atoms with Gasteiger partial charge in [-0.25, -0.2) is 0 Å². The minimum atomic E-state index is -0.0671. The Labute approximate surface area is 100.0 Å². The minimum Gasteiger partial charge on any atom is -0.349 e. The van der Waals surface area contributed by atoms with Crippen LogP contribution in [0.2, 0.25) is 5.02 Å². The first-order valence-corrected chi connectivity index (χ1v) is 5.76. The summed E-state index contributed by atoms with van der Waals surface area (Å²) < 4.78 is 0. The van der Waals surface area contributed by atoms with Gasteiger partial charge in [0.1, 0.15) is 0 Å². The molecule has 0 radical (unpaired) electrons. The predicted octanol–water partition coefficient (Wildman–Crippen LogP) is 1.87. The standard InChI is InChI=1S/C12H15ClN2O/c1-7-2-8(4-9(13)3-7)12(16)15-11-5-10(14)6-11/h2-4,10-11H,5-6,14H2,1H3,(H,15,16). The molecule has 1 aliphatic carbocycles. The average Bonchev–Trinajstić information content (AvgIpc) is 2.13. The minimum absolute atomic E-state index is 0.0671. The fourth-order valence-electron chi connectivity index (χ4n) is 1.92. The largest absolute Gasteiger partial charge is 0.349 e. The van der Waals surface area contributed by atoms with Gasteiger partial charge in [0.05, 0.1) is 0 Å². The molecule has 0 atom stereocenters. The zero-order valence-corrected chi connectivity index (χ0v) is 9.92. The number of amides is 1. The van der Waals surface area contributed by atoms with E-state index in [1.165, 1.54) is 0 Å². The van der Waals surface area contributed by atoms with Crippen LogP contribution >= 0.6 is 11.6 Å². The van der Waals surface area contributed by atoms with Crippen LogP contribution < -0.4 is 11.1 Å². The molecule has 0 saturated heterocycles. The molecule has 1 aliphatic rings. The van der Waals surface area contributed by atoms with Crippen molar-refractivity contribution in [3.05, 3.63) is 34.3 Å². The lowest BCUT2D eigenvalue weighted by Gasteiger charge is -2.33. The van der Waals surface area contributed by atoms with Crippen molar-refractivity contribution < 1.29 is 4.79 Å². The molecule has 0 spiro atoms. The first kappa shape index (κ1) is 11.4. The maximum absolute atomic E-state index is 11.8. The molecular formula is C12H15ClN2O. The molecule has 2 rings (SSSR count). The number of hydrogen-bond acceptors (Lipinski definition) is 2. The first-order valence-electron chi connectivity index (χ1n) is 5.38. The average molecular weight is 239 g/mol. The number of halogens is 1. The van der Waals surface area contributed by atoms with Gasteiger partial charge in [-0.15, -0.1) is 0 Å². The van der Waals surface area contributed by atoms with E-state index in [4.69, 9.17) is 17.3 Å². The van der Waals surface area contributed by atoms with Crippen LogP contribution in [0.3, 0.4) is 0 Å². The van der Waals surface area contributed by atoms with Gasteiger partial charge in [-0.1, -0.05) is 11.6 Å². The van der Waals surface area contributed by atoms with E-state index < -0.39 is 0 Å². The van der Waals surface area contributed by atoms with E-state index in [1.54, 1.807) is 6.07 Å². The van der Waals surface area contributed by atoms with Crippen LogP contribution in [-0.4, -0.2) is 18.0 Å². The van der Waals surface area contributed by atoms with Gasteiger partial charge in [-0.05, 0) is 43.5 Å². The van der Waals surface area contributed by atoms with Gasteiger partial charge >= 0.3 is 0 Å². The molecule has 1 fully saturated rings. The molecule has 86 valence electrons. The van der Waals surface area contributed by atoms with Crippen molar-refractivity contribution in [2.75, 3.05) is 0 Å². The van der Waals surface area contributed by atoms with Crippen molar-refractivity contribution in [3.8, 4) is 0 Å². The summed E-state index contributed by atoms with van der Waals surface area (Å²) in [6, 6.07) is 5.81. The molecule has 0 aromatic heterocycles. The maximum atomic E-state index is 11.8. The van der Waals surface area contributed by atoms with Crippen molar-refractivity contribution in [2.24, 2.45) is 5.73 Å². The molecular weight excluding hydrogens is 224 g/mol. The Morgan fingerprint density at radius 1 is 1.44 bits per heavy atom. The quantitative estimate of drug-likeness (QED) is 0.827. The summed E-state index contributed by atoms with van der Waals surface area (Å²) in [6.45, 7) is 1.92. The van der Waals surface area contributed by atoms with Crippen LogP contribution in [0.25, 0.3) is 0 Å². The third-order valence-electron chi connectivity index (χ3n) is 2.81. The first-order chi connectivity index (χ1) is 7.54. The topological polar surface area (TPSA) is 55.1 Å². The zero-order valence-electron chi connectivity index (χ0n) is 9.16. The summed E-state index contributed by atoms with van der Waals surface area (Å²) in [5.41, 5.74) is 7.26. The number of hydrogen-bond donors (Lipinski definition) is 2. The number of carbonyl (C=O) groups is 1. The molecule has 0 heterocycles. The summed E-state index contributed by atoms with van der Waals surface area (Å²) in [5, 5.41) is 3.53. The van der Waals surface area contributed by atoms with Crippen molar-refractivity contribution in [1.82, 2.24) is 5.32 Å². The molecule has 16 heavy (non-hydrogen) atoms. The van der Waals surface area contributed by atoms with Gasteiger partial charge in [-0.2, -0.15) is 0 Å². The lowest BCUT2D eigenvalue weighted by molar-refractivity contribution is 0.0910. The molecule has 1 aromatic rings. The van der Waals surface area contributed by atoms with E-state index in [9.17, 15) is 4.79 Å². The van der Waals surface area contributed by atoms with Gasteiger partial charge in [-0.3, -0.25) is 4.79 Å². The molecule has 0 unspecified atom stereocenters. The Kier molecular flexibility index (Phi) is 3.17. The normalized spacial score (nSPS) is 23.7. The molecule has 3 nitrogen and oxygen atoms in total. The third-order valence-corrected chi connectivity index (χ3v) is 3.03. The molecule has 3 N–H and O–H groups in total. The van der Waals surface area contributed by atoms with Crippen LogP contribution in [0.4, 0.5) is 0 Å². The van der Waals surface area contributed by atoms with Crippen LogP contribution in [-0.2, 0) is 0 Å². The van der Waals surface area contributed by atoms with Gasteiger partial charge in [0, 0.05) is 22.7 Å². The smallest absolute Gasteiger partial charge is 0.251 e. The lowest BCUT2D eigenvalue weighted by atomic mass is 9.87. The summed E-state index contributed by atoms with van der Waals surface area (Å²) in [7, 11) is 0. The Morgan fingerprint density at radius 3 is 2.69 bits per heavy atom. The highest BCUT2D eigenvalue weighted by Crippen LogP contribution is 2.19. The summed E-state index contributed by atoms with van der Waals surface area (Å²) in [5.74, 6) is -0.0671. The van der Waals surface area contributed by atoms with Gasteiger partial charge < -0.3 is 11.1 Å². The van der Waals surface area contributed by atoms with E-state index in [0.29, 0.717) is 10.6 Å². The van der Waals surface area contributed by atoms with Crippen LogP contribution in [0.5, 0.6) is 0 Å². The second-order valence-corrected chi connectivity index (χ2v) is 4.86. The van der Waals surface area contributed by atoms with Crippen molar-refractivity contribution in [3.63, 3.8) is 0 Å². The molecule has 1 aromatic carbocycles. The molecule has 1 amide bonds. The van der Waals surface area contributed by atoms with E-state index in [0.717, 1.165) is 18.4 Å². The number of benzene rings is 1. The van der Waals surface area contributed by atoms with Crippen LogP contribution in [0.1, 0.15) is 28.8 Å². The lowest BCUT2D eigenvalue weighted by Crippen LogP contribution is -2.50. The fourth-order valence-corrected chi connectivity index (χ4v) is 2.21. The molecule has 1 saturated carbocycles. The molecule has 0 bridgehead atoms. The number of aryl methyl sites for hydroxylation is 1. The molecule has 4 heteroatoms. The SMILES string of the molecule is Cc1cc(Cl)cc(C(=O)NC2CC(N)C2)c1. The van der Waals surface area contributed by atoms with Gasteiger partial charge in [0.25, 0.3) is 5.91 Å². The second-order valence-electron chi connectivity index (χ2n) is 4.42. The highest BCUT2D eigenvalue weighted by atomic mass is 35.5. The van der Waals surface area contributed by atoms with Gasteiger partial charge in [0.2, 0.25) is 0 Å². The Bertz CT molecular complexity index is 393. The fraction of sp³-hybridized carbons (Fsp3) is 0.417. The van der Waals surface area contributed by atoms with E-state index in [2.05, 4.69) is 5.32 Å². The van der Waals surface area contributed by atoms with E-state index in [1.807, 2.05) is 19.1 Å². The second kappa shape index (κ2) is 4.44. The Morgan fingerprint density at radius 2 is 2.12 bits per heavy atom. The number of nitrogens with two attached hydrogens (primary N) is 1. The zero-order chi connectivity index (χ0) is 11.7. The third kappa shape index (κ3) is 2.54. The number of nitrogens with one attached hydrogen (secondary N) is 1. The van der Waals surface area contributed by atoms with Gasteiger partial charge in [0.15, 0.2) is 0 Å². The van der Waals surface area contributed by atoms with Crippen LogP contribution in [0.15, 0.2) is 18.2 Å². The number of rotatable bonds is 2. The summed E-state index contributed by atoms with van der Waals surface area (Å²) >= 11 is 5.90. The van der Waals surface area contributed by atoms with E-state index in [-0.39, 0.29) is 18.0 Å². The summed E-state index contributed by atoms with van der Waals surface area (Å²) in [4.78, 5) is 11.8. The highest BCUT2D eigenvalue weighted by Gasteiger charge is 2.27. The van der Waals surface area contributed by atoms with Crippen molar-refractivity contribution in [2.45, 2.75) is 31.8 Å². The monoisotopic (exact) mass is 238 g/mol. The van der Waals surface area contributed by atoms with Crippen molar-refractivity contribution >= 4 is 17.5 Å². The molecule has 0 aliphatic heterocycles. The predicted molar refractivity (Wildman–Crippen MR) is 64.7 cm³/mol.